The molecule has 1 atom stereocenters. The molecule has 108 valence electrons. The van der Waals surface area contributed by atoms with Crippen LogP contribution >= 0.6 is 0 Å². The van der Waals surface area contributed by atoms with Crippen molar-refractivity contribution in [3.63, 3.8) is 0 Å². The number of hydrogen-bond donors (Lipinski definition) is 2. The van der Waals surface area contributed by atoms with Crippen LogP contribution in [0.2, 0.25) is 0 Å². The van der Waals surface area contributed by atoms with Crippen molar-refractivity contribution in [1.82, 2.24) is 0 Å². The van der Waals surface area contributed by atoms with Gasteiger partial charge in [0.05, 0.1) is 6.61 Å². The van der Waals surface area contributed by atoms with Crippen LogP contribution in [-0.4, -0.2) is 23.4 Å². The van der Waals surface area contributed by atoms with E-state index in [4.69, 9.17) is 16.3 Å². The Bertz CT molecular complexity index is 623. The molecule has 0 saturated carbocycles. The van der Waals surface area contributed by atoms with Crippen molar-refractivity contribution < 1.29 is 14.9 Å². The van der Waals surface area contributed by atoms with Gasteiger partial charge in [-0.25, -0.2) is 0 Å². The highest BCUT2D eigenvalue weighted by Gasteiger charge is 2.28. The summed E-state index contributed by atoms with van der Waals surface area (Å²) in [5.74, 6) is 3.09. The number of aliphatic hydroxyl groups is 2. The first kappa shape index (κ1) is 15.1. The van der Waals surface area contributed by atoms with E-state index in [9.17, 15) is 5.11 Å². The molecular weight excluding hydrogens is 264 g/mol. The average Bonchev–Trinajstić information content (AvgIpc) is 2.53. The Morgan fingerprint density at radius 3 is 2.05 bits per heavy atom. The van der Waals surface area contributed by atoms with E-state index >= 15 is 0 Å². The molecule has 0 bridgehead atoms. The molecule has 0 heterocycles. The van der Waals surface area contributed by atoms with Gasteiger partial charge in [0.2, 0.25) is 0 Å². The summed E-state index contributed by atoms with van der Waals surface area (Å²) in [4.78, 5) is 0. The number of hydrogen-bond acceptors (Lipinski definition) is 3. The maximum absolute atomic E-state index is 10.8. The van der Waals surface area contributed by atoms with Crippen LogP contribution in [0.4, 0.5) is 0 Å². The first-order chi connectivity index (χ1) is 10.1. The van der Waals surface area contributed by atoms with Crippen molar-refractivity contribution in [3.05, 3.63) is 65.2 Å². The Morgan fingerprint density at radius 2 is 1.57 bits per heavy atom. The first-order valence-corrected chi connectivity index (χ1v) is 6.71. The van der Waals surface area contributed by atoms with Crippen LogP contribution < -0.4 is 4.74 Å². The number of aliphatic hydroxyl groups excluding tert-OH is 1. The lowest BCUT2D eigenvalue weighted by Gasteiger charge is -2.23. The van der Waals surface area contributed by atoms with E-state index < -0.39 is 5.60 Å². The van der Waals surface area contributed by atoms with Gasteiger partial charge in [-0.05, 0) is 19.1 Å². The molecule has 2 N–H and O–H groups in total. The summed E-state index contributed by atoms with van der Waals surface area (Å²) >= 11 is 0. The lowest BCUT2D eigenvalue weighted by atomic mass is 9.87. The summed E-state index contributed by atoms with van der Waals surface area (Å²) < 4.78 is 5.29. The third kappa shape index (κ3) is 3.25. The van der Waals surface area contributed by atoms with Gasteiger partial charge in [-0.1, -0.05) is 47.9 Å². The Balaban J connectivity index is 2.32. The molecule has 1 unspecified atom stereocenters. The quantitative estimate of drug-likeness (QED) is 0.827. The van der Waals surface area contributed by atoms with Gasteiger partial charge in [-0.3, -0.25) is 0 Å². The summed E-state index contributed by atoms with van der Waals surface area (Å²) in [6.07, 6.45) is 5.56. The van der Waals surface area contributed by atoms with Crippen LogP contribution in [0.15, 0.2) is 48.5 Å². The lowest BCUT2D eigenvalue weighted by molar-refractivity contribution is 0.145. The summed E-state index contributed by atoms with van der Waals surface area (Å²) in [6, 6.07) is 14.4. The van der Waals surface area contributed by atoms with E-state index in [0.29, 0.717) is 16.9 Å². The smallest absolute Gasteiger partial charge is 0.176 e. The number of aryl methyl sites for hydroxylation is 1. The molecule has 0 fully saturated rings. The maximum atomic E-state index is 10.8. The standard InChI is InChI=1S/C18H18O3/c1-3-18(20,15-6-4-14(2)5-7-15)16-8-10-17(11-9-16)21-13-12-19/h1,4-11,19-20H,12-13H2,2H3. The molecule has 3 heteroatoms. The minimum atomic E-state index is -1.47. The molecular formula is C18H18O3. The second-order valence-corrected chi connectivity index (χ2v) is 4.82. The van der Waals surface area contributed by atoms with E-state index in [-0.39, 0.29) is 13.2 Å². The molecule has 0 aliphatic carbocycles. The van der Waals surface area contributed by atoms with Crippen LogP contribution in [0.5, 0.6) is 5.75 Å². The molecule has 0 amide bonds. The average molecular weight is 282 g/mol. The molecule has 0 aliphatic heterocycles. The molecule has 21 heavy (non-hydrogen) atoms. The second kappa shape index (κ2) is 6.45. The van der Waals surface area contributed by atoms with Crippen LogP contribution in [0.25, 0.3) is 0 Å². The van der Waals surface area contributed by atoms with Gasteiger partial charge in [0.15, 0.2) is 5.60 Å². The largest absolute Gasteiger partial charge is 0.491 e. The molecule has 0 aliphatic rings. The Morgan fingerprint density at radius 1 is 1.05 bits per heavy atom. The van der Waals surface area contributed by atoms with E-state index in [2.05, 4.69) is 5.92 Å². The monoisotopic (exact) mass is 282 g/mol. The molecule has 2 aromatic rings. The highest BCUT2D eigenvalue weighted by atomic mass is 16.5. The first-order valence-electron chi connectivity index (χ1n) is 6.71. The summed E-state index contributed by atoms with van der Waals surface area (Å²) in [6.45, 7) is 2.17. The molecule has 0 spiro atoms. The van der Waals surface area contributed by atoms with Gasteiger partial charge >= 0.3 is 0 Å². The number of benzene rings is 2. The van der Waals surface area contributed by atoms with Crippen molar-refractivity contribution in [3.8, 4) is 18.1 Å². The third-order valence-electron chi connectivity index (χ3n) is 3.31. The van der Waals surface area contributed by atoms with Crippen molar-refractivity contribution in [2.45, 2.75) is 12.5 Å². The predicted molar refractivity (Wildman–Crippen MR) is 82.0 cm³/mol. The Labute approximate surface area is 124 Å². The number of terminal acetylenes is 1. The van der Waals surface area contributed by atoms with E-state index in [1.165, 1.54) is 0 Å². The van der Waals surface area contributed by atoms with Crippen molar-refractivity contribution in [1.29, 1.82) is 0 Å². The molecule has 2 rings (SSSR count). The normalized spacial score (nSPS) is 13.2. The molecule has 0 radical (unpaired) electrons. The van der Waals surface area contributed by atoms with Gasteiger partial charge < -0.3 is 14.9 Å². The van der Waals surface area contributed by atoms with Gasteiger partial charge in [0.1, 0.15) is 12.4 Å². The second-order valence-electron chi connectivity index (χ2n) is 4.82. The molecule has 0 saturated heterocycles. The van der Waals surface area contributed by atoms with Crippen LogP contribution in [0.3, 0.4) is 0 Å². The number of rotatable bonds is 5. The SMILES string of the molecule is C#CC(O)(c1ccc(C)cc1)c1ccc(OCCO)cc1. The van der Waals surface area contributed by atoms with Crippen molar-refractivity contribution in [2.75, 3.05) is 13.2 Å². The fourth-order valence-corrected chi connectivity index (χ4v) is 2.08. The van der Waals surface area contributed by atoms with E-state index in [1.54, 1.807) is 24.3 Å². The zero-order chi connectivity index (χ0) is 15.3. The molecule has 3 nitrogen and oxygen atoms in total. The van der Waals surface area contributed by atoms with Crippen LogP contribution in [0, 0.1) is 19.3 Å². The summed E-state index contributed by atoms with van der Waals surface area (Å²) in [7, 11) is 0. The zero-order valence-corrected chi connectivity index (χ0v) is 11.9. The Kier molecular flexibility index (Phi) is 4.64. The Hall–Kier alpha value is -2.28. The lowest BCUT2D eigenvalue weighted by Crippen LogP contribution is -2.24. The maximum Gasteiger partial charge on any atom is 0.176 e. The summed E-state index contributed by atoms with van der Waals surface area (Å²) in [5, 5.41) is 19.5. The van der Waals surface area contributed by atoms with Crippen LogP contribution in [-0.2, 0) is 5.60 Å². The fraction of sp³-hybridized carbons (Fsp3) is 0.222. The van der Waals surface area contributed by atoms with E-state index in [0.717, 1.165) is 5.56 Å². The summed E-state index contributed by atoms with van der Waals surface area (Å²) in [5.41, 5.74) is 0.888. The van der Waals surface area contributed by atoms with Gasteiger partial charge in [0.25, 0.3) is 0 Å². The minimum absolute atomic E-state index is 0.0423. The van der Waals surface area contributed by atoms with Gasteiger partial charge in [-0.2, -0.15) is 0 Å². The minimum Gasteiger partial charge on any atom is -0.491 e. The van der Waals surface area contributed by atoms with Gasteiger partial charge in [0, 0.05) is 11.1 Å². The van der Waals surface area contributed by atoms with Crippen LogP contribution in [0.1, 0.15) is 16.7 Å². The fourth-order valence-electron chi connectivity index (χ4n) is 2.08. The topological polar surface area (TPSA) is 49.7 Å². The highest BCUT2D eigenvalue weighted by molar-refractivity contribution is 5.45. The highest BCUT2D eigenvalue weighted by Crippen LogP contribution is 2.30. The zero-order valence-electron chi connectivity index (χ0n) is 11.9. The third-order valence-corrected chi connectivity index (χ3v) is 3.31. The number of ether oxygens (including phenoxy) is 1. The molecule has 0 aromatic heterocycles. The van der Waals surface area contributed by atoms with Gasteiger partial charge in [-0.15, -0.1) is 6.42 Å². The predicted octanol–water partition coefficient (Wildman–Crippen LogP) is 2.24. The van der Waals surface area contributed by atoms with Crippen molar-refractivity contribution >= 4 is 0 Å². The van der Waals surface area contributed by atoms with E-state index in [1.807, 2.05) is 31.2 Å². The molecule has 2 aromatic carbocycles. The van der Waals surface area contributed by atoms with Crippen molar-refractivity contribution in [2.24, 2.45) is 0 Å².